The van der Waals surface area contributed by atoms with E-state index in [0.29, 0.717) is 46.1 Å². The summed E-state index contributed by atoms with van der Waals surface area (Å²) in [7, 11) is 0. The number of likely N-dealkylation sites (tertiary alicyclic amines) is 1. The molecule has 7 nitrogen and oxygen atoms in total. The van der Waals surface area contributed by atoms with Crippen LogP contribution in [0.15, 0.2) is 53.5 Å². The molecule has 1 unspecified atom stereocenters. The quantitative estimate of drug-likeness (QED) is 0.605. The first kappa shape index (κ1) is 22.3. The third kappa shape index (κ3) is 4.79. The van der Waals surface area contributed by atoms with Crippen molar-refractivity contribution in [1.82, 2.24) is 14.7 Å². The van der Waals surface area contributed by atoms with Crippen LogP contribution in [0.2, 0.25) is 10.0 Å². The number of halogens is 2. The number of carbonyl (C=O) groups excluding carboxylic acids is 2. The third-order valence-corrected chi connectivity index (χ3v) is 6.35. The number of carbonyl (C=O) groups is 2. The van der Waals surface area contributed by atoms with Crippen LogP contribution in [-0.2, 0) is 16.1 Å². The highest BCUT2D eigenvalue weighted by molar-refractivity contribution is 6.42. The molecule has 1 aromatic heterocycles. The van der Waals surface area contributed by atoms with Crippen molar-refractivity contribution in [3.8, 4) is 0 Å². The van der Waals surface area contributed by atoms with Crippen molar-refractivity contribution in [2.24, 2.45) is 0 Å². The van der Waals surface area contributed by atoms with Gasteiger partial charge in [-0.2, -0.15) is 5.10 Å². The molecule has 166 valence electrons. The molecule has 1 aliphatic heterocycles. The zero-order valence-corrected chi connectivity index (χ0v) is 18.8. The predicted molar refractivity (Wildman–Crippen MR) is 125 cm³/mol. The van der Waals surface area contributed by atoms with Gasteiger partial charge >= 0.3 is 0 Å². The first-order chi connectivity index (χ1) is 15.4. The van der Waals surface area contributed by atoms with Crippen LogP contribution in [-0.4, -0.2) is 39.1 Å². The first-order valence-electron chi connectivity index (χ1n) is 10.4. The molecule has 0 spiro atoms. The lowest BCUT2D eigenvalue weighted by Gasteiger charge is -2.35. The fraction of sp³-hybridized carbons (Fsp3) is 0.304. The Labute approximate surface area is 194 Å². The van der Waals surface area contributed by atoms with Gasteiger partial charge in [0.25, 0.3) is 0 Å². The van der Waals surface area contributed by atoms with Gasteiger partial charge < -0.3 is 10.2 Å². The van der Waals surface area contributed by atoms with Gasteiger partial charge in [-0.25, -0.2) is 0 Å². The number of hydrogen-bond acceptors (Lipinski definition) is 4. The second-order valence-corrected chi connectivity index (χ2v) is 8.53. The number of nitrogens with zero attached hydrogens (tertiary/aromatic N) is 3. The minimum atomic E-state index is -0.551. The highest BCUT2D eigenvalue weighted by atomic mass is 35.5. The Hall–Kier alpha value is -2.90. The van der Waals surface area contributed by atoms with Crippen LogP contribution in [0, 0.1) is 0 Å². The largest absolute Gasteiger partial charge is 0.331 e. The molecule has 2 heterocycles. The van der Waals surface area contributed by atoms with E-state index in [0.717, 1.165) is 12.8 Å². The van der Waals surface area contributed by atoms with Crippen molar-refractivity contribution < 1.29 is 9.59 Å². The smallest absolute Gasteiger partial charge is 0.247 e. The summed E-state index contributed by atoms with van der Waals surface area (Å²) < 4.78 is 1.66. The molecular formula is C23H22Cl2N4O3. The van der Waals surface area contributed by atoms with E-state index < -0.39 is 6.04 Å². The molecule has 2 amide bonds. The van der Waals surface area contributed by atoms with Gasteiger partial charge in [0.1, 0.15) is 6.04 Å². The van der Waals surface area contributed by atoms with E-state index in [2.05, 4.69) is 10.4 Å². The van der Waals surface area contributed by atoms with Crippen LogP contribution >= 0.6 is 23.2 Å². The molecular weight excluding hydrogens is 451 g/mol. The van der Waals surface area contributed by atoms with Crippen molar-refractivity contribution in [2.75, 3.05) is 11.9 Å². The molecule has 1 saturated heterocycles. The van der Waals surface area contributed by atoms with Crippen LogP contribution in [0.1, 0.15) is 25.7 Å². The number of rotatable bonds is 5. The van der Waals surface area contributed by atoms with E-state index in [1.54, 1.807) is 39.9 Å². The van der Waals surface area contributed by atoms with E-state index >= 15 is 0 Å². The second kappa shape index (κ2) is 9.71. The summed E-state index contributed by atoms with van der Waals surface area (Å²) in [5.74, 6) is -0.369. The Morgan fingerprint density at radius 2 is 1.91 bits per heavy atom. The molecule has 1 N–H and O–H groups in total. The topological polar surface area (TPSA) is 84.3 Å². The fourth-order valence-electron chi connectivity index (χ4n) is 3.99. The highest BCUT2D eigenvalue weighted by Gasteiger charge is 2.32. The number of aryl methyl sites for hydroxylation is 1. The van der Waals surface area contributed by atoms with Crippen LogP contribution in [0.25, 0.3) is 10.9 Å². The number of hydrogen-bond donors (Lipinski definition) is 1. The molecule has 4 rings (SSSR count). The maximum Gasteiger partial charge on any atom is 0.247 e. The number of nitrogens with one attached hydrogen (secondary N) is 1. The summed E-state index contributed by atoms with van der Waals surface area (Å²) in [6, 6.07) is 11.5. The molecule has 0 saturated carbocycles. The first-order valence-corrected chi connectivity index (χ1v) is 11.2. The van der Waals surface area contributed by atoms with E-state index in [4.69, 9.17) is 23.2 Å². The second-order valence-electron chi connectivity index (χ2n) is 7.72. The Morgan fingerprint density at radius 1 is 1.09 bits per heavy atom. The van der Waals surface area contributed by atoms with Gasteiger partial charge in [-0.15, -0.1) is 0 Å². The van der Waals surface area contributed by atoms with Gasteiger partial charge in [-0.05, 0) is 49.6 Å². The maximum atomic E-state index is 13.0. The van der Waals surface area contributed by atoms with Gasteiger partial charge in [-0.3, -0.25) is 19.1 Å². The van der Waals surface area contributed by atoms with Crippen LogP contribution in [0.5, 0.6) is 0 Å². The highest BCUT2D eigenvalue weighted by Crippen LogP contribution is 2.26. The summed E-state index contributed by atoms with van der Waals surface area (Å²) >= 11 is 12.0. The van der Waals surface area contributed by atoms with E-state index in [9.17, 15) is 14.4 Å². The van der Waals surface area contributed by atoms with Gasteiger partial charge in [0, 0.05) is 24.0 Å². The summed E-state index contributed by atoms with van der Waals surface area (Å²) in [5, 5.41) is 8.34. The molecule has 32 heavy (non-hydrogen) atoms. The third-order valence-electron chi connectivity index (χ3n) is 5.61. The number of benzene rings is 2. The van der Waals surface area contributed by atoms with Crippen LogP contribution in [0.4, 0.5) is 5.69 Å². The average Bonchev–Trinajstić information content (AvgIpc) is 2.81. The number of piperidine rings is 1. The molecule has 0 bridgehead atoms. The Balaban J connectivity index is 1.46. The van der Waals surface area contributed by atoms with E-state index in [1.165, 1.54) is 6.20 Å². The van der Waals surface area contributed by atoms with Gasteiger partial charge in [-0.1, -0.05) is 35.3 Å². The lowest BCUT2D eigenvalue weighted by molar-refractivity contribution is -0.140. The molecule has 3 aromatic rings. The zero-order valence-electron chi connectivity index (χ0n) is 17.3. The van der Waals surface area contributed by atoms with Gasteiger partial charge in [0.15, 0.2) is 0 Å². The normalized spacial score (nSPS) is 16.2. The number of para-hydroxylation sites is 1. The molecule has 2 aromatic carbocycles. The summed E-state index contributed by atoms with van der Waals surface area (Å²) in [4.78, 5) is 39.6. The molecule has 1 atom stereocenters. The number of anilines is 1. The lowest BCUT2D eigenvalue weighted by atomic mass is 10.0. The summed E-state index contributed by atoms with van der Waals surface area (Å²) in [5.41, 5.74) is 1.06. The SMILES string of the molecule is O=C(Nc1ccc(Cl)c(Cl)c1)C1CCCCN1C(=O)CCn1ncc(=O)c2ccccc21. The number of amides is 2. The molecule has 1 fully saturated rings. The summed E-state index contributed by atoms with van der Waals surface area (Å²) in [6.45, 7) is 0.841. The van der Waals surface area contributed by atoms with Gasteiger partial charge in [0.05, 0.1) is 28.3 Å². The van der Waals surface area contributed by atoms with Crippen molar-refractivity contribution >= 4 is 51.6 Å². The fourth-order valence-corrected chi connectivity index (χ4v) is 4.28. The number of aromatic nitrogens is 2. The zero-order chi connectivity index (χ0) is 22.7. The molecule has 0 aliphatic carbocycles. The van der Waals surface area contributed by atoms with E-state index in [-0.39, 0.29) is 23.7 Å². The maximum absolute atomic E-state index is 13.0. The standard InChI is InChI=1S/C23H22Cl2N4O3/c24-17-9-8-15(13-18(17)25)27-23(32)20-7-3-4-11-28(20)22(31)10-12-29-19-6-2-1-5-16(19)21(30)14-26-29/h1-2,5-6,8-9,13-14,20H,3-4,7,10-12H2,(H,27,32). The summed E-state index contributed by atoms with van der Waals surface area (Å²) in [6.07, 6.45) is 3.76. The molecule has 0 radical (unpaired) electrons. The van der Waals surface area contributed by atoms with Crippen molar-refractivity contribution in [2.45, 2.75) is 38.3 Å². The molecule has 9 heteroatoms. The van der Waals surface area contributed by atoms with Crippen molar-refractivity contribution in [3.63, 3.8) is 0 Å². The minimum Gasteiger partial charge on any atom is -0.331 e. The lowest BCUT2D eigenvalue weighted by Crippen LogP contribution is -2.50. The van der Waals surface area contributed by atoms with Crippen LogP contribution in [0.3, 0.4) is 0 Å². The number of fused-ring (bicyclic) bond motifs is 1. The minimum absolute atomic E-state index is 0.122. The van der Waals surface area contributed by atoms with E-state index in [1.807, 2.05) is 12.1 Å². The van der Waals surface area contributed by atoms with Crippen molar-refractivity contribution in [3.05, 3.63) is 68.9 Å². The molecule has 1 aliphatic rings. The monoisotopic (exact) mass is 472 g/mol. The van der Waals surface area contributed by atoms with Crippen LogP contribution < -0.4 is 10.7 Å². The predicted octanol–water partition coefficient (Wildman–Crippen LogP) is 4.11. The Bertz CT molecular complexity index is 1230. The average molecular weight is 473 g/mol. The Morgan fingerprint density at radius 3 is 2.72 bits per heavy atom. The van der Waals surface area contributed by atoms with Crippen molar-refractivity contribution in [1.29, 1.82) is 0 Å². The van der Waals surface area contributed by atoms with Gasteiger partial charge in [0.2, 0.25) is 17.2 Å². The Kier molecular flexibility index (Phi) is 6.77.